The number of carbonyl (C=O) groups is 1. The molecule has 0 bridgehead atoms. The van der Waals surface area contributed by atoms with Crippen LogP contribution in [0.25, 0.3) is 0 Å². The molecule has 0 aliphatic carbocycles. The Kier molecular flexibility index (Phi) is 3.45. The molecule has 0 saturated heterocycles. The van der Waals surface area contributed by atoms with Crippen LogP contribution < -0.4 is 4.90 Å². The summed E-state index contributed by atoms with van der Waals surface area (Å²) in [5.74, 6) is -0.388. The van der Waals surface area contributed by atoms with Crippen molar-refractivity contribution in [1.82, 2.24) is 0 Å². The van der Waals surface area contributed by atoms with Gasteiger partial charge in [0.1, 0.15) is 5.75 Å². The molecule has 1 heterocycles. The number of phenols is 1. The van der Waals surface area contributed by atoms with E-state index in [9.17, 15) is 9.90 Å². The minimum absolute atomic E-state index is 0.111. The van der Waals surface area contributed by atoms with Crippen molar-refractivity contribution in [3.05, 3.63) is 23.8 Å². The third-order valence-corrected chi connectivity index (χ3v) is 3.52. The highest BCUT2D eigenvalue weighted by Gasteiger charge is 2.32. The second-order valence-corrected chi connectivity index (χ2v) is 5.09. The second-order valence-electron chi connectivity index (χ2n) is 5.09. The summed E-state index contributed by atoms with van der Waals surface area (Å²) >= 11 is 0. The van der Waals surface area contributed by atoms with Crippen LogP contribution >= 0.6 is 0 Å². The first-order valence-corrected chi connectivity index (χ1v) is 6.31. The van der Waals surface area contributed by atoms with Crippen LogP contribution in [0.5, 0.6) is 5.75 Å². The lowest BCUT2D eigenvalue weighted by Crippen LogP contribution is -2.29. The number of aliphatic carboxylic acids is 1. The molecule has 18 heavy (non-hydrogen) atoms. The van der Waals surface area contributed by atoms with Gasteiger partial charge in [-0.3, -0.25) is 4.79 Å². The Morgan fingerprint density at radius 1 is 1.50 bits per heavy atom. The quantitative estimate of drug-likeness (QED) is 0.861. The molecule has 2 rings (SSSR count). The van der Waals surface area contributed by atoms with Gasteiger partial charge in [-0.1, -0.05) is 6.07 Å². The molecule has 0 amide bonds. The fourth-order valence-corrected chi connectivity index (χ4v) is 2.66. The Morgan fingerprint density at radius 2 is 2.22 bits per heavy atom. The van der Waals surface area contributed by atoms with Crippen LogP contribution in [0, 0.1) is 0 Å². The van der Waals surface area contributed by atoms with Crippen molar-refractivity contribution in [1.29, 1.82) is 0 Å². The van der Waals surface area contributed by atoms with Crippen molar-refractivity contribution in [2.45, 2.75) is 38.6 Å². The number of fused-ring (bicyclic) bond motifs is 1. The molecule has 1 aliphatic rings. The third kappa shape index (κ3) is 2.28. The van der Waals surface area contributed by atoms with E-state index in [-0.39, 0.29) is 18.1 Å². The van der Waals surface area contributed by atoms with Gasteiger partial charge in [-0.25, -0.2) is 0 Å². The fourth-order valence-electron chi connectivity index (χ4n) is 2.66. The monoisotopic (exact) mass is 249 g/mol. The van der Waals surface area contributed by atoms with Gasteiger partial charge >= 0.3 is 5.97 Å². The largest absolute Gasteiger partial charge is 0.508 e. The molecule has 1 unspecified atom stereocenters. The smallest absolute Gasteiger partial charge is 0.303 e. The molecule has 4 nitrogen and oxygen atoms in total. The van der Waals surface area contributed by atoms with E-state index in [1.807, 2.05) is 12.1 Å². The van der Waals surface area contributed by atoms with Gasteiger partial charge in [0.25, 0.3) is 0 Å². The molecular weight excluding hydrogens is 230 g/mol. The number of benzene rings is 1. The molecule has 0 spiro atoms. The maximum atomic E-state index is 10.7. The number of nitrogens with zero attached hydrogens (tertiary/aromatic N) is 1. The molecule has 2 N–H and O–H groups in total. The van der Waals surface area contributed by atoms with Gasteiger partial charge < -0.3 is 15.1 Å². The van der Waals surface area contributed by atoms with Crippen LogP contribution in [-0.4, -0.2) is 28.8 Å². The van der Waals surface area contributed by atoms with Crippen LogP contribution in [0.3, 0.4) is 0 Å². The average molecular weight is 249 g/mol. The van der Waals surface area contributed by atoms with Crippen molar-refractivity contribution in [3.63, 3.8) is 0 Å². The van der Waals surface area contributed by atoms with Crippen LogP contribution in [0.15, 0.2) is 18.2 Å². The first-order valence-electron chi connectivity index (χ1n) is 6.31. The standard InChI is InChI=1S/C14H19NO3/c1-9(2)15-8-10(6-7-13(17)18)14-11(15)4-3-5-12(14)16/h3-5,9-10,16H,6-8H2,1-2H3,(H,17,18). The van der Waals surface area contributed by atoms with Crippen LogP contribution in [0.4, 0.5) is 5.69 Å². The molecule has 98 valence electrons. The highest BCUT2D eigenvalue weighted by molar-refractivity contribution is 5.68. The Morgan fingerprint density at radius 3 is 2.83 bits per heavy atom. The minimum atomic E-state index is -0.782. The van der Waals surface area contributed by atoms with E-state index in [0.29, 0.717) is 12.5 Å². The molecule has 0 saturated carbocycles. The number of anilines is 1. The van der Waals surface area contributed by atoms with Crippen LogP contribution in [0.1, 0.15) is 38.2 Å². The summed E-state index contributed by atoms with van der Waals surface area (Å²) in [5, 5.41) is 18.8. The van der Waals surface area contributed by atoms with Crippen molar-refractivity contribution in [2.24, 2.45) is 0 Å². The van der Waals surface area contributed by atoms with E-state index in [0.717, 1.165) is 17.8 Å². The Balaban J connectivity index is 2.29. The molecule has 1 aromatic rings. The normalized spacial score (nSPS) is 18.2. The number of hydrogen-bond acceptors (Lipinski definition) is 3. The topological polar surface area (TPSA) is 60.8 Å². The van der Waals surface area contributed by atoms with Gasteiger partial charge in [-0.2, -0.15) is 0 Å². The maximum Gasteiger partial charge on any atom is 0.303 e. The summed E-state index contributed by atoms with van der Waals surface area (Å²) in [6.45, 7) is 5.00. The van der Waals surface area contributed by atoms with Gasteiger partial charge in [0.2, 0.25) is 0 Å². The van der Waals surface area contributed by atoms with E-state index >= 15 is 0 Å². The average Bonchev–Trinajstić information content (AvgIpc) is 2.67. The molecule has 0 aromatic heterocycles. The number of carboxylic acids is 1. The highest BCUT2D eigenvalue weighted by Crippen LogP contribution is 2.44. The van der Waals surface area contributed by atoms with Gasteiger partial charge in [0.05, 0.1) is 0 Å². The lowest BCUT2D eigenvalue weighted by molar-refractivity contribution is -0.137. The van der Waals surface area contributed by atoms with Gasteiger partial charge in [-0.15, -0.1) is 0 Å². The zero-order valence-corrected chi connectivity index (χ0v) is 10.8. The fraction of sp³-hybridized carbons (Fsp3) is 0.500. The van der Waals surface area contributed by atoms with Crippen LogP contribution in [-0.2, 0) is 4.79 Å². The number of aromatic hydroxyl groups is 1. The minimum Gasteiger partial charge on any atom is -0.508 e. The van der Waals surface area contributed by atoms with Gasteiger partial charge in [-0.05, 0) is 32.4 Å². The van der Waals surface area contributed by atoms with E-state index in [1.165, 1.54) is 0 Å². The Labute approximate surface area is 107 Å². The first kappa shape index (κ1) is 12.7. The van der Waals surface area contributed by atoms with Gasteiger partial charge in [0, 0.05) is 36.2 Å². The lowest BCUT2D eigenvalue weighted by Gasteiger charge is -2.24. The van der Waals surface area contributed by atoms with E-state index in [4.69, 9.17) is 5.11 Å². The molecule has 1 aromatic carbocycles. The lowest BCUT2D eigenvalue weighted by atomic mass is 9.95. The second kappa shape index (κ2) is 4.88. The van der Waals surface area contributed by atoms with Crippen molar-refractivity contribution < 1.29 is 15.0 Å². The maximum absolute atomic E-state index is 10.7. The predicted octanol–water partition coefficient (Wildman–Crippen LogP) is 2.57. The zero-order chi connectivity index (χ0) is 13.3. The van der Waals surface area contributed by atoms with E-state index in [1.54, 1.807) is 6.07 Å². The van der Waals surface area contributed by atoms with Gasteiger partial charge in [0.15, 0.2) is 0 Å². The number of phenolic OH excluding ortho intramolecular Hbond substituents is 1. The number of hydrogen-bond donors (Lipinski definition) is 2. The summed E-state index contributed by atoms with van der Waals surface area (Å²) in [7, 11) is 0. The molecule has 0 fully saturated rings. The van der Waals surface area contributed by atoms with Crippen molar-refractivity contribution >= 4 is 11.7 Å². The highest BCUT2D eigenvalue weighted by atomic mass is 16.4. The summed E-state index contributed by atoms with van der Waals surface area (Å²) in [6, 6.07) is 5.86. The van der Waals surface area contributed by atoms with Crippen molar-refractivity contribution in [2.75, 3.05) is 11.4 Å². The SMILES string of the molecule is CC(C)N1CC(CCC(=O)O)c2c(O)cccc21. The summed E-state index contributed by atoms with van der Waals surface area (Å²) < 4.78 is 0. The molecule has 1 aliphatic heterocycles. The zero-order valence-electron chi connectivity index (χ0n) is 10.8. The Hall–Kier alpha value is -1.71. The summed E-state index contributed by atoms with van der Waals surface area (Å²) in [5.41, 5.74) is 1.95. The predicted molar refractivity (Wildman–Crippen MR) is 70.2 cm³/mol. The number of rotatable bonds is 4. The summed E-state index contributed by atoms with van der Waals surface area (Å²) in [6.07, 6.45) is 0.716. The first-order chi connectivity index (χ1) is 8.50. The summed E-state index contributed by atoms with van der Waals surface area (Å²) in [4.78, 5) is 12.9. The molecule has 1 atom stereocenters. The third-order valence-electron chi connectivity index (χ3n) is 3.52. The van der Waals surface area contributed by atoms with Crippen LogP contribution in [0.2, 0.25) is 0 Å². The van der Waals surface area contributed by atoms with Crippen molar-refractivity contribution in [3.8, 4) is 5.75 Å². The Bertz CT molecular complexity index is 456. The molecule has 0 radical (unpaired) electrons. The number of carboxylic acid groups (broad SMARTS) is 1. The molecular formula is C14H19NO3. The van der Waals surface area contributed by atoms with E-state index in [2.05, 4.69) is 18.7 Å². The molecule has 4 heteroatoms. The van der Waals surface area contributed by atoms with E-state index < -0.39 is 5.97 Å².